The average Bonchev–Trinajstić information content (AvgIpc) is 2.75. The predicted molar refractivity (Wildman–Crippen MR) is 132 cm³/mol. The molecule has 0 amide bonds. The van der Waals surface area contributed by atoms with Crippen molar-refractivity contribution in [2.75, 3.05) is 54.2 Å². The van der Waals surface area contributed by atoms with Crippen molar-refractivity contribution in [2.24, 2.45) is 10.4 Å². The number of ether oxygens (including phenoxy) is 3. The molecule has 7 heteroatoms. The van der Waals surface area contributed by atoms with Crippen molar-refractivity contribution in [3.63, 3.8) is 0 Å². The van der Waals surface area contributed by atoms with Crippen LogP contribution in [-0.4, -0.2) is 60.1 Å². The summed E-state index contributed by atoms with van der Waals surface area (Å²) in [6.07, 6.45) is 6.97. The summed E-state index contributed by atoms with van der Waals surface area (Å²) in [7, 11) is 5.34. The third kappa shape index (κ3) is 6.23. The number of aliphatic imine (C=N–C) groups is 1. The van der Waals surface area contributed by atoms with Crippen LogP contribution in [0.15, 0.2) is 29.3 Å². The Morgan fingerprint density at radius 3 is 2.23 bits per heavy atom. The van der Waals surface area contributed by atoms with Gasteiger partial charge in [0, 0.05) is 52.5 Å². The smallest absolute Gasteiger partial charge is 0.191 e. The Balaban J connectivity index is 0.00000320. The number of rotatable bonds is 9. The number of nitrogens with zero attached hydrogens (tertiary/aromatic N) is 1. The predicted octanol–water partition coefficient (Wildman–Crippen LogP) is 3.73. The van der Waals surface area contributed by atoms with Gasteiger partial charge in [-0.05, 0) is 55.2 Å². The lowest BCUT2D eigenvalue weighted by molar-refractivity contribution is 0.0512. The van der Waals surface area contributed by atoms with E-state index in [0.29, 0.717) is 5.41 Å². The molecule has 0 radical (unpaired) electrons. The molecule has 0 atom stereocenters. The first kappa shape index (κ1) is 25.2. The molecule has 0 spiro atoms. The van der Waals surface area contributed by atoms with E-state index >= 15 is 0 Å². The molecule has 30 heavy (non-hydrogen) atoms. The third-order valence-corrected chi connectivity index (χ3v) is 6.85. The molecule has 1 heterocycles. The van der Waals surface area contributed by atoms with E-state index in [9.17, 15) is 0 Å². The fourth-order valence-corrected chi connectivity index (χ4v) is 4.53. The highest BCUT2D eigenvalue weighted by molar-refractivity contribution is 14.0. The van der Waals surface area contributed by atoms with Gasteiger partial charge >= 0.3 is 0 Å². The van der Waals surface area contributed by atoms with Gasteiger partial charge < -0.3 is 24.8 Å². The van der Waals surface area contributed by atoms with Crippen molar-refractivity contribution in [1.29, 1.82) is 0 Å². The van der Waals surface area contributed by atoms with Gasteiger partial charge in [-0.1, -0.05) is 18.6 Å². The zero-order valence-corrected chi connectivity index (χ0v) is 21.0. The van der Waals surface area contributed by atoms with E-state index in [1.807, 2.05) is 7.05 Å². The molecule has 2 aliphatic rings. The van der Waals surface area contributed by atoms with Crippen LogP contribution in [0.4, 0.5) is 0 Å². The van der Waals surface area contributed by atoms with Crippen molar-refractivity contribution in [1.82, 2.24) is 10.6 Å². The van der Waals surface area contributed by atoms with Crippen LogP contribution in [0.2, 0.25) is 0 Å². The van der Waals surface area contributed by atoms with Gasteiger partial charge in [-0.25, -0.2) is 0 Å². The average molecular weight is 531 g/mol. The van der Waals surface area contributed by atoms with E-state index in [0.717, 1.165) is 63.9 Å². The van der Waals surface area contributed by atoms with Gasteiger partial charge in [0.25, 0.3) is 0 Å². The number of guanidine groups is 1. The molecule has 1 aromatic rings. The van der Waals surface area contributed by atoms with Crippen LogP contribution in [0.1, 0.15) is 44.1 Å². The van der Waals surface area contributed by atoms with Gasteiger partial charge in [-0.3, -0.25) is 4.99 Å². The summed E-state index contributed by atoms with van der Waals surface area (Å²) >= 11 is 0. The molecule has 1 aromatic carbocycles. The first-order valence-electron chi connectivity index (χ1n) is 10.8. The number of hydrogen-bond donors (Lipinski definition) is 2. The van der Waals surface area contributed by atoms with Gasteiger partial charge in [-0.2, -0.15) is 0 Å². The minimum Gasteiger partial charge on any atom is -0.497 e. The highest BCUT2D eigenvalue weighted by atomic mass is 127. The monoisotopic (exact) mass is 531 g/mol. The number of methoxy groups -OCH3 is 2. The van der Waals surface area contributed by atoms with Crippen LogP contribution >= 0.6 is 24.0 Å². The molecular weight excluding hydrogens is 493 g/mol. The lowest BCUT2D eigenvalue weighted by Crippen LogP contribution is -2.51. The normalized spacial score (nSPS) is 19.9. The number of nitrogens with one attached hydrogen (secondary N) is 2. The molecule has 2 fully saturated rings. The second kappa shape index (κ2) is 12.1. The zero-order valence-electron chi connectivity index (χ0n) is 18.7. The van der Waals surface area contributed by atoms with Gasteiger partial charge in [-0.15, -0.1) is 24.0 Å². The maximum absolute atomic E-state index is 5.67. The second-order valence-electron chi connectivity index (χ2n) is 8.50. The molecule has 1 aliphatic carbocycles. The number of hydrogen-bond acceptors (Lipinski definition) is 4. The number of benzene rings is 1. The molecule has 1 saturated heterocycles. The quantitative estimate of drug-likeness (QED) is 0.289. The minimum absolute atomic E-state index is 0. The summed E-state index contributed by atoms with van der Waals surface area (Å²) in [5.74, 6) is 1.77. The fourth-order valence-electron chi connectivity index (χ4n) is 4.53. The van der Waals surface area contributed by atoms with E-state index < -0.39 is 0 Å². The Bertz CT molecular complexity index is 656. The van der Waals surface area contributed by atoms with Crippen LogP contribution < -0.4 is 15.4 Å². The van der Waals surface area contributed by atoms with Crippen LogP contribution in [0.5, 0.6) is 5.75 Å². The largest absolute Gasteiger partial charge is 0.497 e. The Labute approximate surface area is 198 Å². The third-order valence-electron chi connectivity index (χ3n) is 6.85. The van der Waals surface area contributed by atoms with Crippen molar-refractivity contribution in [3.8, 4) is 5.75 Å². The van der Waals surface area contributed by atoms with Crippen LogP contribution in [0.25, 0.3) is 0 Å². The molecule has 1 aliphatic heterocycles. The minimum atomic E-state index is 0. The fraction of sp³-hybridized carbons (Fsp3) is 0.696. The topological polar surface area (TPSA) is 64.1 Å². The summed E-state index contributed by atoms with van der Waals surface area (Å²) < 4.78 is 16.3. The summed E-state index contributed by atoms with van der Waals surface area (Å²) in [5.41, 5.74) is 1.74. The zero-order chi connectivity index (χ0) is 20.6. The summed E-state index contributed by atoms with van der Waals surface area (Å²) in [5, 5.41) is 7.18. The molecule has 3 rings (SSSR count). The van der Waals surface area contributed by atoms with E-state index in [4.69, 9.17) is 14.2 Å². The first-order valence-corrected chi connectivity index (χ1v) is 10.8. The molecule has 170 valence electrons. The van der Waals surface area contributed by atoms with Crippen LogP contribution in [0, 0.1) is 5.41 Å². The number of halogens is 1. The molecule has 2 N–H and O–H groups in total. The Kier molecular flexibility index (Phi) is 10.2. The molecule has 0 unspecified atom stereocenters. The molecule has 0 aromatic heterocycles. The Hall–Kier alpha value is -1.06. The highest BCUT2D eigenvalue weighted by Gasteiger charge is 2.37. The lowest BCUT2D eigenvalue weighted by Gasteiger charge is -2.43. The summed E-state index contributed by atoms with van der Waals surface area (Å²) in [4.78, 5) is 4.48. The lowest BCUT2D eigenvalue weighted by atomic mass is 9.67. The van der Waals surface area contributed by atoms with E-state index in [1.54, 1.807) is 14.2 Å². The molecular formula is C23H38IN3O3. The van der Waals surface area contributed by atoms with Crippen molar-refractivity contribution in [3.05, 3.63) is 29.8 Å². The standard InChI is InChI=1S/C23H37N3O3.HI/c1-24-21(25-17-22(9-4-10-22)11-14-27-2)26-18-23(12-15-29-16-13-23)19-5-7-20(28-3)8-6-19;/h5-8H,4,9-18H2,1-3H3,(H2,24,25,26);1H. The maximum atomic E-state index is 5.67. The molecule has 0 bridgehead atoms. The van der Waals surface area contributed by atoms with E-state index in [1.165, 1.54) is 24.8 Å². The van der Waals surface area contributed by atoms with E-state index in [-0.39, 0.29) is 29.4 Å². The Morgan fingerprint density at radius 1 is 1.03 bits per heavy atom. The molecule has 6 nitrogen and oxygen atoms in total. The van der Waals surface area contributed by atoms with Crippen molar-refractivity contribution < 1.29 is 14.2 Å². The second-order valence-corrected chi connectivity index (χ2v) is 8.50. The van der Waals surface area contributed by atoms with Crippen molar-refractivity contribution >= 4 is 29.9 Å². The van der Waals surface area contributed by atoms with Gasteiger partial charge in [0.1, 0.15) is 5.75 Å². The van der Waals surface area contributed by atoms with Gasteiger partial charge in [0.05, 0.1) is 7.11 Å². The van der Waals surface area contributed by atoms with E-state index in [2.05, 4.69) is 39.9 Å². The maximum Gasteiger partial charge on any atom is 0.191 e. The van der Waals surface area contributed by atoms with Crippen LogP contribution in [0.3, 0.4) is 0 Å². The first-order chi connectivity index (χ1) is 14.2. The van der Waals surface area contributed by atoms with Gasteiger partial charge in [0.2, 0.25) is 0 Å². The van der Waals surface area contributed by atoms with Crippen LogP contribution in [-0.2, 0) is 14.9 Å². The summed E-state index contributed by atoms with van der Waals surface area (Å²) in [6.45, 7) is 4.20. The SMILES string of the molecule is CN=C(NCC1(CCOC)CCC1)NCC1(c2ccc(OC)cc2)CCOCC1.I. The highest BCUT2D eigenvalue weighted by Crippen LogP contribution is 2.43. The van der Waals surface area contributed by atoms with Crippen molar-refractivity contribution in [2.45, 2.75) is 43.9 Å². The Morgan fingerprint density at radius 2 is 1.70 bits per heavy atom. The van der Waals surface area contributed by atoms with Gasteiger partial charge in [0.15, 0.2) is 5.96 Å². The summed E-state index contributed by atoms with van der Waals surface area (Å²) in [6, 6.07) is 8.48. The molecule has 1 saturated carbocycles.